The summed E-state index contributed by atoms with van der Waals surface area (Å²) in [6.07, 6.45) is 0. The van der Waals surface area contributed by atoms with Crippen LogP contribution < -0.4 is 4.74 Å². The quantitative estimate of drug-likeness (QED) is 0.419. The zero-order valence-electron chi connectivity index (χ0n) is 10.9. The van der Waals surface area contributed by atoms with Gasteiger partial charge < -0.3 is 4.74 Å². The van der Waals surface area contributed by atoms with E-state index < -0.39 is 5.82 Å². The molecule has 0 aromatic heterocycles. The number of rotatable bonds is 4. The van der Waals surface area contributed by atoms with Gasteiger partial charge in [0.1, 0.15) is 11.6 Å². The molecule has 21 heavy (non-hydrogen) atoms. The average molecular weight is 481 g/mol. The molecule has 0 fully saturated rings. The average Bonchev–Trinajstić information content (AvgIpc) is 2.46. The normalized spacial score (nSPS) is 10.8. The highest BCUT2D eigenvalue weighted by atomic mass is 79.9. The van der Waals surface area contributed by atoms with Crippen molar-refractivity contribution in [1.29, 1.82) is 0 Å². The lowest BCUT2D eigenvalue weighted by Gasteiger charge is -2.10. The van der Waals surface area contributed by atoms with Crippen molar-refractivity contribution in [2.75, 3.05) is 7.11 Å². The van der Waals surface area contributed by atoms with Crippen LogP contribution in [0.15, 0.2) is 40.9 Å². The van der Waals surface area contributed by atoms with E-state index in [1.54, 1.807) is 6.07 Å². The summed E-state index contributed by atoms with van der Waals surface area (Å²) in [4.78, 5) is 12.6. The highest BCUT2D eigenvalue weighted by Gasteiger charge is 2.18. The molecule has 0 N–H and O–H groups in total. The number of methoxy groups -OCH3 is 1. The number of carbonyl (C=O) groups excluding carboxylic acids is 1. The van der Waals surface area contributed by atoms with Crippen molar-refractivity contribution in [1.82, 2.24) is 0 Å². The predicted octanol–water partition coefficient (Wildman–Crippen LogP) is 5.62. The Kier molecular flexibility index (Phi) is 5.57. The van der Waals surface area contributed by atoms with Crippen LogP contribution in [0.3, 0.4) is 0 Å². The maximum atomic E-state index is 13.2. The van der Waals surface area contributed by atoms with Gasteiger partial charge in [0, 0.05) is 16.1 Å². The Morgan fingerprint density at radius 3 is 2.38 bits per heavy atom. The first-order valence-corrected chi connectivity index (χ1v) is 8.52. The smallest absolute Gasteiger partial charge is 0.197 e. The van der Waals surface area contributed by atoms with Gasteiger partial charge in [0.05, 0.1) is 16.4 Å². The molecule has 0 aliphatic rings. The van der Waals surface area contributed by atoms with Crippen molar-refractivity contribution < 1.29 is 13.9 Å². The third-order valence-corrected chi connectivity index (χ3v) is 4.61. The minimum Gasteiger partial charge on any atom is -0.496 e. The van der Waals surface area contributed by atoms with Gasteiger partial charge in [0.2, 0.25) is 0 Å². The first-order chi connectivity index (χ1) is 9.93. The van der Waals surface area contributed by atoms with Crippen molar-refractivity contribution in [3.63, 3.8) is 0 Å². The number of ketones is 1. The minimum absolute atomic E-state index is 0.00538. The van der Waals surface area contributed by atoms with Crippen molar-refractivity contribution in [3.8, 4) is 5.75 Å². The summed E-state index contributed by atoms with van der Waals surface area (Å²) < 4.78 is 19.0. The summed E-state index contributed by atoms with van der Waals surface area (Å²) in [6, 6.07) is 9.27. The second-order valence-corrected chi connectivity index (χ2v) is 8.13. The molecule has 0 atom stereocenters. The molecule has 0 saturated carbocycles. The fourth-order valence-electron chi connectivity index (χ4n) is 1.85. The monoisotopic (exact) mass is 478 g/mol. The molecular formula is C15H10Br3FO2. The van der Waals surface area contributed by atoms with Gasteiger partial charge in [-0.1, -0.05) is 53.9 Å². The zero-order valence-corrected chi connectivity index (χ0v) is 15.6. The molecule has 0 aliphatic heterocycles. The topological polar surface area (TPSA) is 26.3 Å². The maximum Gasteiger partial charge on any atom is 0.197 e. The molecule has 2 aromatic carbocycles. The van der Waals surface area contributed by atoms with Gasteiger partial charge in [-0.3, -0.25) is 4.79 Å². The Labute approximate surface area is 147 Å². The summed E-state index contributed by atoms with van der Waals surface area (Å²) >= 11 is 10.2. The van der Waals surface area contributed by atoms with E-state index in [4.69, 9.17) is 4.74 Å². The van der Waals surface area contributed by atoms with Gasteiger partial charge in [-0.15, -0.1) is 0 Å². The highest BCUT2D eigenvalue weighted by Crippen LogP contribution is 2.33. The van der Waals surface area contributed by atoms with E-state index in [-0.39, 0.29) is 15.3 Å². The summed E-state index contributed by atoms with van der Waals surface area (Å²) in [5.41, 5.74) is 1.79. The molecule has 0 spiro atoms. The number of carbonyl (C=O) groups is 1. The van der Waals surface area contributed by atoms with Crippen LogP contribution in [0, 0.1) is 5.82 Å². The van der Waals surface area contributed by atoms with Crippen LogP contribution in [0.4, 0.5) is 4.39 Å². The molecule has 0 amide bonds. The van der Waals surface area contributed by atoms with E-state index in [0.717, 1.165) is 5.56 Å². The molecule has 6 heteroatoms. The molecule has 2 nitrogen and oxygen atoms in total. The number of benzene rings is 2. The second kappa shape index (κ2) is 7.03. The van der Waals surface area contributed by atoms with Crippen LogP contribution in [-0.4, -0.2) is 12.9 Å². The van der Waals surface area contributed by atoms with Gasteiger partial charge in [-0.05, 0) is 29.8 Å². The summed E-state index contributed by atoms with van der Waals surface area (Å²) in [5.74, 6) is -0.458. The van der Waals surface area contributed by atoms with E-state index in [0.29, 0.717) is 15.6 Å². The predicted molar refractivity (Wildman–Crippen MR) is 91.1 cm³/mol. The Hall–Kier alpha value is -0.720. The molecule has 2 aromatic rings. The zero-order chi connectivity index (χ0) is 15.6. The number of hydrogen-bond donors (Lipinski definition) is 0. The van der Waals surface area contributed by atoms with Crippen LogP contribution in [0.25, 0.3) is 0 Å². The van der Waals surface area contributed by atoms with Gasteiger partial charge in [0.25, 0.3) is 0 Å². The molecule has 2 rings (SSSR count). The Morgan fingerprint density at radius 2 is 1.81 bits per heavy atom. The Morgan fingerprint density at radius 1 is 1.14 bits per heavy atom. The van der Waals surface area contributed by atoms with E-state index >= 15 is 0 Å². The van der Waals surface area contributed by atoms with Crippen LogP contribution in [-0.2, 0) is 0 Å². The van der Waals surface area contributed by atoms with E-state index in [2.05, 4.69) is 47.8 Å². The summed E-state index contributed by atoms with van der Waals surface area (Å²) in [7, 11) is 1.41. The van der Waals surface area contributed by atoms with Gasteiger partial charge in [0.15, 0.2) is 5.78 Å². The van der Waals surface area contributed by atoms with Crippen molar-refractivity contribution in [2.45, 2.75) is 3.74 Å². The van der Waals surface area contributed by atoms with Crippen LogP contribution in [0.1, 0.15) is 25.2 Å². The lowest BCUT2D eigenvalue weighted by atomic mass is 10.0. The summed E-state index contributed by atoms with van der Waals surface area (Å²) in [5, 5.41) is 0. The highest BCUT2D eigenvalue weighted by molar-refractivity contribution is 9.24. The van der Waals surface area contributed by atoms with Crippen LogP contribution in [0.5, 0.6) is 5.75 Å². The van der Waals surface area contributed by atoms with Crippen LogP contribution >= 0.6 is 47.8 Å². The van der Waals surface area contributed by atoms with Crippen molar-refractivity contribution in [2.24, 2.45) is 0 Å². The molecule has 0 bridgehead atoms. The number of halogens is 4. The van der Waals surface area contributed by atoms with Gasteiger partial charge in [-0.2, -0.15) is 0 Å². The third kappa shape index (κ3) is 3.73. The molecule has 0 unspecified atom stereocenters. The third-order valence-electron chi connectivity index (χ3n) is 2.90. The first kappa shape index (κ1) is 16.6. The molecule has 0 radical (unpaired) electrons. The molecule has 0 heterocycles. The van der Waals surface area contributed by atoms with E-state index in [9.17, 15) is 9.18 Å². The Bertz CT molecular complexity index is 687. The standard InChI is InChI=1S/C15H10Br3FO2/c1-21-13-7-9(19)3-5-11(13)14(20)10-4-2-8(15(17)18)6-12(10)16/h2-7,15H,1H3. The van der Waals surface area contributed by atoms with Crippen molar-refractivity contribution in [3.05, 3.63) is 63.4 Å². The Balaban J connectivity index is 2.45. The van der Waals surface area contributed by atoms with E-state index in [1.807, 2.05) is 12.1 Å². The number of ether oxygens (including phenoxy) is 1. The van der Waals surface area contributed by atoms with Gasteiger partial charge in [-0.25, -0.2) is 4.39 Å². The van der Waals surface area contributed by atoms with Crippen LogP contribution in [0.2, 0.25) is 0 Å². The largest absolute Gasteiger partial charge is 0.496 e. The minimum atomic E-state index is -0.445. The number of alkyl halides is 2. The fraction of sp³-hybridized carbons (Fsp3) is 0.133. The maximum absolute atomic E-state index is 13.2. The lowest BCUT2D eigenvalue weighted by molar-refractivity contribution is 0.103. The SMILES string of the molecule is COc1cc(F)ccc1C(=O)c1ccc(C(Br)Br)cc1Br. The molecular weight excluding hydrogens is 471 g/mol. The second-order valence-electron chi connectivity index (χ2n) is 4.21. The lowest BCUT2D eigenvalue weighted by Crippen LogP contribution is -2.05. The van der Waals surface area contributed by atoms with E-state index in [1.165, 1.54) is 25.3 Å². The van der Waals surface area contributed by atoms with Gasteiger partial charge >= 0.3 is 0 Å². The van der Waals surface area contributed by atoms with Crippen molar-refractivity contribution >= 4 is 53.6 Å². The fourth-order valence-corrected chi connectivity index (χ4v) is 3.00. The molecule has 0 aliphatic carbocycles. The first-order valence-electron chi connectivity index (χ1n) is 5.90. The molecule has 110 valence electrons. The summed E-state index contributed by atoms with van der Waals surface area (Å²) in [6.45, 7) is 0. The molecule has 0 saturated heterocycles. The number of hydrogen-bond acceptors (Lipinski definition) is 2.